The van der Waals surface area contributed by atoms with E-state index in [0.29, 0.717) is 46.9 Å². The smallest absolute Gasteiger partial charge is 0.240 e. The molecule has 41 heavy (non-hydrogen) atoms. The highest BCUT2D eigenvalue weighted by Gasteiger charge is 2.23. The van der Waals surface area contributed by atoms with E-state index in [4.69, 9.17) is 14.8 Å². The Bertz CT molecular complexity index is 1680. The molecule has 3 aromatic carbocycles. The number of nitrogens with one attached hydrogen (secondary N) is 1. The summed E-state index contributed by atoms with van der Waals surface area (Å²) in [5.74, 6) is 0.571. The number of nitriles is 1. The Labute approximate surface area is 237 Å². The van der Waals surface area contributed by atoms with Crippen LogP contribution in [0.25, 0.3) is 10.9 Å². The van der Waals surface area contributed by atoms with E-state index in [1.54, 1.807) is 30.1 Å². The number of nitrogens with zero attached hydrogens (tertiary/aromatic N) is 5. The minimum Gasteiger partial charge on any atom is -0.494 e. The van der Waals surface area contributed by atoms with Crippen molar-refractivity contribution in [2.45, 2.75) is 6.61 Å². The minimum atomic E-state index is -0.0580. The van der Waals surface area contributed by atoms with Crippen LogP contribution in [-0.4, -0.2) is 78.3 Å². The van der Waals surface area contributed by atoms with E-state index in [1.165, 1.54) is 0 Å². The lowest BCUT2D eigenvalue weighted by Gasteiger charge is -2.32. The third-order valence-electron chi connectivity index (χ3n) is 7.66. The monoisotopic (exact) mass is 550 g/mol. The predicted octanol–water partition coefficient (Wildman–Crippen LogP) is 3.95. The summed E-state index contributed by atoms with van der Waals surface area (Å²) < 4.78 is 0. The number of likely N-dealkylation sites (N-methyl/N-ethyl adjacent to an activating group) is 2. The highest BCUT2D eigenvalue weighted by atomic mass is 17.2. The van der Waals surface area contributed by atoms with Gasteiger partial charge in [-0.3, -0.25) is 9.69 Å². The molecule has 1 fully saturated rings. The third kappa shape index (κ3) is 5.38. The number of benzene rings is 3. The first-order valence-electron chi connectivity index (χ1n) is 13.4. The maximum atomic E-state index is 13.0. The molecule has 10 heteroatoms. The number of aromatic amines is 1. The molecule has 0 atom stereocenters. The molecular formula is C31H30N6O4. The first-order valence-corrected chi connectivity index (χ1v) is 13.4. The fraction of sp³-hybridized carbons (Fsp3) is 0.258. The summed E-state index contributed by atoms with van der Waals surface area (Å²) in [6.07, 6.45) is 0. The Morgan fingerprint density at radius 3 is 2.63 bits per heavy atom. The lowest BCUT2D eigenvalue weighted by atomic mass is 9.98. The van der Waals surface area contributed by atoms with Crippen LogP contribution in [0, 0.1) is 11.3 Å². The molecule has 0 unspecified atom stereocenters. The van der Waals surface area contributed by atoms with Crippen molar-refractivity contribution in [3.63, 3.8) is 0 Å². The van der Waals surface area contributed by atoms with Gasteiger partial charge in [-0.25, -0.2) is 4.99 Å². The Morgan fingerprint density at radius 2 is 1.88 bits per heavy atom. The van der Waals surface area contributed by atoms with Crippen LogP contribution >= 0.6 is 0 Å². The van der Waals surface area contributed by atoms with Crippen LogP contribution in [0.4, 0.5) is 11.4 Å². The average molecular weight is 551 g/mol. The van der Waals surface area contributed by atoms with Gasteiger partial charge in [-0.05, 0) is 49.5 Å². The van der Waals surface area contributed by atoms with Crippen molar-refractivity contribution >= 4 is 33.9 Å². The molecule has 1 saturated heterocycles. The lowest BCUT2D eigenvalue weighted by molar-refractivity contribution is -0.194. The number of hydrogen-bond acceptors (Lipinski definition) is 8. The molecule has 4 aromatic rings. The minimum absolute atomic E-state index is 0.0345. The second kappa shape index (κ2) is 11.1. The van der Waals surface area contributed by atoms with Gasteiger partial charge in [0.1, 0.15) is 6.61 Å². The maximum absolute atomic E-state index is 13.0. The Morgan fingerprint density at radius 1 is 1.10 bits per heavy atom. The molecule has 6 rings (SSSR count). The van der Waals surface area contributed by atoms with E-state index in [9.17, 15) is 15.2 Å². The number of aliphatic imine (C=N–C) groups is 1. The fourth-order valence-electron chi connectivity index (χ4n) is 5.14. The summed E-state index contributed by atoms with van der Waals surface area (Å²) in [6.45, 7) is 4.42. The number of amides is 1. The fourth-order valence-corrected chi connectivity index (χ4v) is 5.14. The van der Waals surface area contributed by atoms with E-state index < -0.39 is 0 Å². The zero-order chi connectivity index (χ0) is 28.5. The zero-order valence-corrected chi connectivity index (χ0v) is 22.9. The Kier molecular flexibility index (Phi) is 7.15. The molecule has 1 aromatic heterocycles. The summed E-state index contributed by atoms with van der Waals surface area (Å²) in [4.78, 5) is 37.5. The second-order valence-electron chi connectivity index (χ2n) is 10.4. The van der Waals surface area contributed by atoms with Gasteiger partial charge in [0.15, 0.2) is 11.6 Å². The van der Waals surface area contributed by atoms with Crippen LogP contribution in [0.2, 0.25) is 0 Å². The Hall–Kier alpha value is -4.69. The SMILES string of the molecule is CN1CCN(CC(=O)N(C)c2ccc(N=C(c3ccc4c(c3)OOC4)c3c(O)[nH]c4cc(C#N)ccc34)cc2)CC1. The summed E-state index contributed by atoms with van der Waals surface area (Å²) in [5.41, 5.74) is 5.18. The molecule has 2 N–H and O–H groups in total. The van der Waals surface area contributed by atoms with Crippen molar-refractivity contribution in [1.82, 2.24) is 14.8 Å². The summed E-state index contributed by atoms with van der Waals surface area (Å²) in [5, 5.41) is 21.1. The summed E-state index contributed by atoms with van der Waals surface area (Å²) >= 11 is 0. The first-order chi connectivity index (χ1) is 19.9. The van der Waals surface area contributed by atoms with Crippen molar-refractivity contribution in [3.8, 4) is 17.7 Å². The van der Waals surface area contributed by atoms with Gasteiger partial charge in [-0.15, -0.1) is 0 Å². The van der Waals surface area contributed by atoms with Crippen LogP contribution in [0.15, 0.2) is 65.7 Å². The molecule has 1 amide bonds. The van der Waals surface area contributed by atoms with Gasteiger partial charge in [0.25, 0.3) is 0 Å². The number of carbonyl (C=O) groups is 1. The number of aromatic hydroxyl groups is 1. The van der Waals surface area contributed by atoms with Crippen molar-refractivity contribution in [2.24, 2.45) is 4.99 Å². The number of fused-ring (bicyclic) bond motifs is 2. The normalized spacial score (nSPS) is 15.9. The molecule has 0 saturated carbocycles. The molecule has 0 spiro atoms. The quantitative estimate of drug-likeness (QED) is 0.276. The number of rotatable bonds is 6. The van der Waals surface area contributed by atoms with Crippen LogP contribution in [0.1, 0.15) is 22.3 Å². The Balaban J connectivity index is 1.33. The number of hydrogen-bond donors (Lipinski definition) is 2. The first kappa shape index (κ1) is 26.5. The van der Waals surface area contributed by atoms with E-state index in [1.807, 2.05) is 42.5 Å². The number of carbonyl (C=O) groups excluding carboxylic acids is 1. The molecule has 208 valence electrons. The standard InChI is InChI=1S/C31H30N6O4/c1-35-11-13-37(14-12-35)18-28(38)36(2)24-8-6-23(7-9-24)33-30(21-4-5-22-19-40-41-27(22)16-21)29-25-10-3-20(17-32)15-26(25)34-31(29)39/h3-10,15-16,34,39H,11-14,18-19H2,1-2H3. The molecule has 0 radical (unpaired) electrons. The highest BCUT2D eigenvalue weighted by molar-refractivity contribution is 6.22. The van der Waals surface area contributed by atoms with E-state index in [-0.39, 0.29) is 11.8 Å². The number of aromatic nitrogens is 1. The van der Waals surface area contributed by atoms with E-state index in [0.717, 1.165) is 48.4 Å². The van der Waals surface area contributed by atoms with Gasteiger partial charge in [-0.1, -0.05) is 18.2 Å². The highest BCUT2D eigenvalue weighted by Crippen LogP contribution is 2.35. The van der Waals surface area contributed by atoms with Gasteiger partial charge >= 0.3 is 0 Å². The van der Waals surface area contributed by atoms with Crippen LogP contribution in [-0.2, 0) is 16.3 Å². The molecule has 10 nitrogen and oxygen atoms in total. The van der Waals surface area contributed by atoms with Crippen LogP contribution in [0.3, 0.4) is 0 Å². The zero-order valence-electron chi connectivity index (χ0n) is 22.9. The second-order valence-corrected chi connectivity index (χ2v) is 10.4. The molecule has 0 bridgehead atoms. The molecule has 3 heterocycles. The van der Waals surface area contributed by atoms with Gasteiger partial charge in [-0.2, -0.15) is 10.1 Å². The molecule has 2 aliphatic heterocycles. The number of H-pyrrole nitrogens is 1. The largest absolute Gasteiger partial charge is 0.494 e. The lowest BCUT2D eigenvalue weighted by Crippen LogP contribution is -2.48. The predicted molar refractivity (Wildman–Crippen MR) is 156 cm³/mol. The summed E-state index contributed by atoms with van der Waals surface area (Å²) in [6, 6.07) is 20.4. The van der Waals surface area contributed by atoms with Gasteiger partial charge in [0.2, 0.25) is 5.91 Å². The van der Waals surface area contributed by atoms with E-state index >= 15 is 0 Å². The van der Waals surface area contributed by atoms with Gasteiger partial charge < -0.3 is 24.8 Å². The molecular weight excluding hydrogens is 520 g/mol. The van der Waals surface area contributed by atoms with Crippen LogP contribution in [0.5, 0.6) is 11.6 Å². The third-order valence-corrected chi connectivity index (χ3v) is 7.66. The van der Waals surface area contributed by atoms with Crippen molar-refractivity contribution in [1.29, 1.82) is 5.26 Å². The number of anilines is 1. The molecule has 2 aliphatic rings. The maximum Gasteiger partial charge on any atom is 0.240 e. The van der Waals surface area contributed by atoms with Crippen LogP contribution < -0.4 is 9.79 Å². The average Bonchev–Trinajstić information content (AvgIpc) is 3.59. The van der Waals surface area contributed by atoms with Gasteiger partial charge in [0, 0.05) is 55.4 Å². The van der Waals surface area contributed by atoms with Gasteiger partial charge in [0.05, 0.1) is 40.7 Å². The van der Waals surface area contributed by atoms with E-state index in [2.05, 4.69) is 27.9 Å². The summed E-state index contributed by atoms with van der Waals surface area (Å²) in [7, 11) is 3.88. The molecule has 0 aliphatic carbocycles. The number of piperazine rings is 1. The topological polar surface area (TPSA) is 117 Å². The van der Waals surface area contributed by atoms with Crippen molar-refractivity contribution in [2.75, 3.05) is 51.7 Å². The van der Waals surface area contributed by atoms with Crippen molar-refractivity contribution < 1.29 is 19.7 Å². The van der Waals surface area contributed by atoms with Crippen molar-refractivity contribution in [3.05, 3.63) is 82.9 Å².